The van der Waals surface area contributed by atoms with Crippen molar-refractivity contribution in [3.8, 4) is 0 Å². The molecule has 118 valence electrons. The second-order valence-corrected chi connectivity index (χ2v) is 6.16. The molecule has 6 heteroatoms. The van der Waals surface area contributed by atoms with Gasteiger partial charge < -0.3 is 19.5 Å². The molecule has 2 rings (SSSR count). The van der Waals surface area contributed by atoms with Gasteiger partial charge in [-0.15, -0.1) is 0 Å². The molecular formula is C15H26N4O2. The van der Waals surface area contributed by atoms with Gasteiger partial charge in [-0.2, -0.15) is 0 Å². The minimum atomic E-state index is 0.0107. The minimum absolute atomic E-state index is 0.0107. The highest BCUT2D eigenvalue weighted by Gasteiger charge is 2.28. The fourth-order valence-electron chi connectivity index (χ4n) is 2.71. The van der Waals surface area contributed by atoms with Crippen molar-refractivity contribution in [2.75, 3.05) is 19.8 Å². The highest BCUT2D eigenvalue weighted by molar-refractivity contribution is 5.75. The monoisotopic (exact) mass is 294 g/mol. The molecule has 0 spiro atoms. The minimum Gasteiger partial charge on any atom is -0.377 e. The van der Waals surface area contributed by atoms with E-state index >= 15 is 0 Å². The van der Waals surface area contributed by atoms with Gasteiger partial charge in [0.05, 0.1) is 25.6 Å². The lowest BCUT2D eigenvalue weighted by molar-refractivity contribution is 0.00502. The first-order valence-corrected chi connectivity index (χ1v) is 7.67. The standard InChI is InChI=1S/C15H26N4O2/c1-12(2)8-14-10-21-7-6-19(14)15(20)17-13(3)9-18-5-4-16-11-18/h4-5,11-14H,6-10H2,1-3H3,(H,17,20). The van der Waals surface area contributed by atoms with Crippen LogP contribution in [0.3, 0.4) is 0 Å². The Hall–Kier alpha value is -1.56. The zero-order valence-electron chi connectivity index (χ0n) is 13.2. The molecule has 2 atom stereocenters. The normalized spacial score (nSPS) is 20.6. The van der Waals surface area contributed by atoms with Crippen LogP contribution in [0.25, 0.3) is 0 Å². The lowest BCUT2D eigenvalue weighted by Crippen LogP contribution is -2.54. The summed E-state index contributed by atoms with van der Waals surface area (Å²) in [5.74, 6) is 0.551. The number of morpholine rings is 1. The summed E-state index contributed by atoms with van der Waals surface area (Å²) >= 11 is 0. The Kier molecular flexibility index (Phi) is 5.61. The highest BCUT2D eigenvalue weighted by Crippen LogP contribution is 2.15. The van der Waals surface area contributed by atoms with Crippen molar-refractivity contribution in [3.63, 3.8) is 0 Å². The SMILES string of the molecule is CC(C)CC1COCCN1C(=O)NC(C)Cn1ccnc1. The Bertz CT molecular complexity index is 433. The summed E-state index contributed by atoms with van der Waals surface area (Å²) in [7, 11) is 0. The van der Waals surface area contributed by atoms with Crippen molar-refractivity contribution >= 4 is 6.03 Å². The quantitative estimate of drug-likeness (QED) is 0.899. The highest BCUT2D eigenvalue weighted by atomic mass is 16.5. The predicted molar refractivity (Wildman–Crippen MR) is 81.0 cm³/mol. The summed E-state index contributed by atoms with van der Waals surface area (Å²) in [5.41, 5.74) is 0. The van der Waals surface area contributed by atoms with Gasteiger partial charge in [0.25, 0.3) is 0 Å². The number of carbonyl (C=O) groups is 1. The van der Waals surface area contributed by atoms with Crippen LogP contribution in [0.4, 0.5) is 4.79 Å². The third kappa shape index (κ3) is 4.74. The summed E-state index contributed by atoms with van der Waals surface area (Å²) in [6.07, 6.45) is 6.39. The molecule has 0 aromatic carbocycles. The Labute approximate surface area is 126 Å². The molecule has 2 heterocycles. The number of hydrogen-bond donors (Lipinski definition) is 1. The Morgan fingerprint density at radius 2 is 2.29 bits per heavy atom. The van der Waals surface area contributed by atoms with Crippen LogP contribution in [-0.4, -0.2) is 52.3 Å². The topological polar surface area (TPSA) is 59.4 Å². The van der Waals surface area contributed by atoms with Crippen molar-refractivity contribution in [1.29, 1.82) is 0 Å². The molecule has 1 aliphatic heterocycles. The van der Waals surface area contributed by atoms with Crippen LogP contribution in [0.5, 0.6) is 0 Å². The first kappa shape index (κ1) is 15.8. The zero-order valence-corrected chi connectivity index (χ0v) is 13.2. The molecule has 0 radical (unpaired) electrons. The van der Waals surface area contributed by atoms with Gasteiger partial charge in [-0.25, -0.2) is 9.78 Å². The third-order valence-electron chi connectivity index (χ3n) is 3.65. The van der Waals surface area contributed by atoms with Gasteiger partial charge in [0.2, 0.25) is 0 Å². The van der Waals surface area contributed by atoms with Crippen LogP contribution in [0, 0.1) is 5.92 Å². The van der Waals surface area contributed by atoms with E-state index in [0.29, 0.717) is 25.7 Å². The summed E-state index contributed by atoms with van der Waals surface area (Å²) in [4.78, 5) is 18.4. The van der Waals surface area contributed by atoms with Crippen LogP contribution in [0.1, 0.15) is 27.2 Å². The molecule has 1 aromatic heterocycles. The average molecular weight is 294 g/mol. The Balaban J connectivity index is 1.87. The zero-order chi connectivity index (χ0) is 15.2. The second-order valence-electron chi connectivity index (χ2n) is 6.16. The van der Waals surface area contributed by atoms with Crippen LogP contribution in [-0.2, 0) is 11.3 Å². The number of rotatable bonds is 5. The van der Waals surface area contributed by atoms with E-state index in [1.165, 1.54) is 0 Å². The van der Waals surface area contributed by atoms with E-state index in [-0.39, 0.29) is 18.1 Å². The van der Waals surface area contributed by atoms with Crippen LogP contribution in [0.15, 0.2) is 18.7 Å². The van der Waals surface area contributed by atoms with Crippen LogP contribution < -0.4 is 5.32 Å². The maximum absolute atomic E-state index is 12.5. The van der Waals surface area contributed by atoms with Gasteiger partial charge in [-0.1, -0.05) is 13.8 Å². The fraction of sp³-hybridized carbons (Fsp3) is 0.733. The summed E-state index contributed by atoms with van der Waals surface area (Å²) in [6.45, 7) is 9.01. The van der Waals surface area contributed by atoms with Gasteiger partial charge >= 0.3 is 6.03 Å². The second kappa shape index (κ2) is 7.45. The van der Waals surface area contributed by atoms with E-state index in [1.807, 2.05) is 22.6 Å². The van der Waals surface area contributed by atoms with Crippen molar-refractivity contribution in [3.05, 3.63) is 18.7 Å². The molecule has 0 saturated carbocycles. The number of hydrogen-bond acceptors (Lipinski definition) is 3. The summed E-state index contributed by atoms with van der Waals surface area (Å²) in [6, 6.07) is 0.255. The van der Waals surface area contributed by atoms with Gasteiger partial charge in [0, 0.05) is 31.5 Å². The molecule has 0 aliphatic carbocycles. The van der Waals surface area contributed by atoms with Crippen molar-refractivity contribution in [1.82, 2.24) is 19.8 Å². The molecule has 2 unspecified atom stereocenters. The van der Waals surface area contributed by atoms with Gasteiger partial charge in [-0.3, -0.25) is 0 Å². The molecule has 1 N–H and O–H groups in total. The molecule has 1 fully saturated rings. The van der Waals surface area contributed by atoms with Crippen molar-refractivity contribution < 1.29 is 9.53 Å². The van der Waals surface area contributed by atoms with E-state index in [9.17, 15) is 4.79 Å². The van der Waals surface area contributed by atoms with E-state index in [2.05, 4.69) is 24.1 Å². The third-order valence-corrected chi connectivity index (χ3v) is 3.65. The van der Waals surface area contributed by atoms with Crippen LogP contribution in [0.2, 0.25) is 0 Å². The number of amides is 2. The molecule has 1 saturated heterocycles. The first-order chi connectivity index (χ1) is 10.1. The number of imidazole rings is 1. The largest absolute Gasteiger partial charge is 0.377 e. The molecule has 21 heavy (non-hydrogen) atoms. The lowest BCUT2D eigenvalue weighted by Gasteiger charge is -2.37. The number of nitrogens with zero attached hydrogens (tertiary/aromatic N) is 3. The predicted octanol–water partition coefficient (Wildman–Crippen LogP) is 1.73. The number of nitrogens with one attached hydrogen (secondary N) is 1. The van der Waals surface area contributed by atoms with Gasteiger partial charge in [0.15, 0.2) is 0 Å². The number of carbonyl (C=O) groups excluding carboxylic acids is 1. The Morgan fingerprint density at radius 3 is 2.95 bits per heavy atom. The van der Waals surface area contributed by atoms with Crippen molar-refractivity contribution in [2.45, 2.75) is 45.8 Å². The lowest BCUT2D eigenvalue weighted by atomic mass is 10.0. The number of aromatic nitrogens is 2. The van der Waals surface area contributed by atoms with E-state index < -0.39 is 0 Å². The average Bonchev–Trinajstić information content (AvgIpc) is 2.91. The van der Waals surface area contributed by atoms with E-state index in [0.717, 1.165) is 13.0 Å². The molecule has 1 aromatic rings. The maximum Gasteiger partial charge on any atom is 0.318 e. The summed E-state index contributed by atoms with van der Waals surface area (Å²) < 4.78 is 7.49. The molecular weight excluding hydrogens is 268 g/mol. The van der Waals surface area contributed by atoms with Crippen molar-refractivity contribution in [2.24, 2.45) is 5.92 Å². The number of urea groups is 1. The molecule has 2 amide bonds. The van der Waals surface area contributed by atoms with E-state index in [4.69, 9.17) is 4.74 Å². The first-order valence-electron chi connectivity index (χ1n) is 7.67. The van der Waals surface area contributed by atoms with Gasteiger partial charge in [-0.05, 0) is 19.3 Å². The molecule has 6 nitrogen and oxygen atoms in total. The van der Waals surface area contributed by atoms with Gasteiger partial charge in [0.1, 0.15) is 0 Å². The number of ether oxygens (including phenoxy) is 1. The maximum atomic E-state index is 12.5. The molecule has 1 aliphatic rings. The van der Waals surface area contributed by atoms with Crippen LogP contribution >= 0.6 is 0 Å². The fourth-order valence-corrected chi connectivity index (χ4v) is 2.71. The Morgan fingerprint density at radius 1 is 1.48 bits per heavy atom. The summed E-state index contributed by atoms with van der Waals surface area (Å²) in [5, 5.41) is 3.07. The smallest absolute Gasteiger partial charge is 0.318 e. The van der Waals surface area contributed by atoms with E-state index in [1.54, 1.807) is 12.5 Å². The molecule has 0 bridgehead atoms.